The summed E-state index contributed by atoms with van der Waals surface area (Å²) in [6.07, 6.45) is 1.54. The van der Waals surface area contributed by atoms with Gasteiger partial charge in [0.1, 0.15) is 5.75 Å². The Bertz CT molecular complexity index is 467. The summed E-state index contributed by atoms with van der Waals surface area (Å²) in [5.74, 6) is 0.715. The van der Waals surface area contributed by atoms with Gasteiger partial charge in [0.2, 0.25) is 5.91 Å². The summed E-state index contributed by atoms with van der Waals surface area (Å²) < 4.78 is 5.62. The van der Waals surface area contributed by atoms with Crippen LogP contribution in [0.1, 0.15) is 44.2 Å². The minimum Gasteiger partial charge on any atom is -0.493 e. The predicted molar refractivity (Wildman–Crippen MR) is 84.6 cm³/mol. The first-order chi connectivity index (χ1) is 9.90. The zero-order chi connectivity index (χ0) is 15.9. The summed E-state index contributed by atoms with van der Waals surface area (Å²) in [5.41, 5.74) is 1.46. The van der Waals surface area contributed by atoms with E-state index in [4.69, 9.17) is 4.74 Å². The molecule has 1 aromatic carbocycles. The van der Waals surface area contributed by atoms with E-state index in [9.17, 15) is 9.90 Å². The highest BCUT2D eigenvalue weighted by atomic mass is 16.5. The van der Waals surface area contributed by atoms with E-state index in [0.29, 0.717) is 26.0 Å². The molecule has 0 fully saturated rings. The van der Waals surface area contributed by atoms with Gasteiger partial charge in [-0.3, -0.25) is 4.79 Å². The Hall–Kier alpha value is -1.55. The lowest BCUT2D eigenvalue weighted by Gasteiger charge is -2.25. The highest BCUT2D eigenvalue weighted by Crippen LogP contribution is 2.18. The Morgan fingerprint density at radius 1 is 1.29 bits per heavy atom. The lowest BCUT2D eigenvalue weighted by Crippen LogP contribution is -2.42. The number of carbonyl (C=O) groups excluding carboxylic acids is 1. The molecule has 21 heavy (non-hydrogen) atoms. The molecule has 0 bridgehead atoms. The molecule has 0 unspecified atom stereocenters. The number of aliphatic hydroxyl groups is 1. The van der Waals surface area contributed by atoms with Crippen molar-refractivity contribution in [2.24, 2.45) is 0 Å². The van der Waals surface area contributed by atoms with Gasteiger partial charge in [-0.1, -0.05) is 31.5 Å². The van der Waals surface area contributed by atoms with Crippen LogP contribution in [-0.2, 0) is 4.79 Å². The second-order valence-electron chi connectivity index (χ2n) is 5.58. The van der Waals surface area contributed by atoms with E-state index in [-0.39, 0.29) is 12.3 Å². The molecular formula is C17H27NO3. The van der Waals surface area contributed by atoms with Crippen molar-refractivity contribution in [2.45, 2.75) is 52.6 Å². The molecule has 1 aromatic rings. The number of aryl methyl sites for hydroxylation is 2. The van der Waals surface area contributed by atoms with Gasteiger partial charge in [-0.2, -0.15) is 0 Å². The van der Waals surface area contributed by atoms with Crippen LogP contribution in [0.15, 0.2) is 18.2 Å². The summed E-state index contributed by atoms with van der Waals surface area (Å²) in [4.78, 5) is 11.7. The fraction of sp³-hybridized carbons (Fsp3) is 0.588. The maximum atomic E-state index is 11.7. The smallest absolute Gasteiger partial charge is 0.223 e. The fourth-order valence-corrected chi connectivity index (χ4v) is 2.07. The van der Waals surface area contributed by atoms with Gasteiger partial charge in [-0.15, -0.1) is 0 Å². The molecule has 0 aliphatic heterocycles. The molecule has 0 aliphatic rings. The summed E-state index contributed by atoms with van der Waals surface area (Å²) in [6, 6.07) is 5.97. The number of ether oxygens (including phenoxy) is 1. The van der Waals surface area contributed by atoms with Crippen LogP contribution in [0.2, 0.25) is 0 Å². The maximum Gasteiger partial charge on any atom is 0.223 e. The third kappa shape index (κ3) is 5.76. The normalized spacial score (nSPS) is 11.3. The number of benzene rings is 1. The van der Waals surface area contributed by atoms with Crippen LogP contribution < -0.4 is 10.1 Å². The lowest BCUT2D eigenvalue weighted by atomic mass is 9.97. The van der Waals surface area contributed by atoms with Gasteiger partial charge in [0, 0.05) is 6.54 Å². The highest BCUT2D eigenvalue weighted by Gasteiger charge is 2.22. The molecule has 1 rings (SSSR count). The average Bonchev–Trinajstić information content (AvgIpc) is 2.47. The molecule has 0 saturated carbocycles. The number of hydrogen-bond acceptors (Lipinski definition) is 3. The monoisotopic (exact) mass is 293 g/mol. The fourth-order valence-electron chi connectivity index (χ4n) is 2.07. The lowest BCUT2D eigenvalue weighted by molar-refractivity contribution is -0.122. The molecule has 2 N–H and O–H groups in total. The molecule has 0 aliphatic carbocycles. The number of carbonyl (C=O) groups is 1. The molecule has 0 atom stereocenters. The molecule has 0 spiro atoms. The summed E-state index contributed by atoms with van der Waals surface area (Å²) in [5, 5.41) is 12.9. The van der Waals surface area contributed by atoms with Crippen molar-refractivity contribution < 1.29 is 14.6 Å². The first-order valence-electron chi connectivity index (χ1n) is 7.59. The van der Waals surface area contributed by atoms with Crippen molar-refractivity contribution in [3.05, 3.63) is 29.3 Å². The van der Waals surface area contributed by atoms with Crippen LogP contribution in [0.3, 0.4) is 0 Å². The third-order valence-corrected chi connectivity index (χ3v) is 3.85. The van der Waals surface area contributed by atoms with Gasteiger partial charge in [-0.25, -0.2) is 0 Å². The minimum absolute atomic E-state index is 0.0971. The van der Waals surface area contributed by atoms with Crippen LogP contribution in [0.5, 0.6) is 5.75 Å². The van der Waals surface area contributed by atoms with E-state index in [1.807, 2.05) is 39.8 Å². The van der Waals surface area contributed by atoms with E-state index in [1.165, 1.54) is 5.56 Å². The Kier molecular flexibility index (Phi) is 6.69. The zero-order valence-corrected chi connectivity index (χ0v) is 13.5. The molecule has 0 saturated heterocycles. The SMILES string of the molecule is CCC(O)(CC)CNC(=O)CCOc1ccc(C)cc1C. The van der Waals surface area contributed by atoms with Gasteiger partial charge in [0.05, 0.1) is 18.6 Å². The highest BCUT2D eigenvalue weighted by molar-refractivity contribution is 5.76. The van der Waals surface area contributed by atoms with E-state index in [0.717, 1.165) is 11.3 Å². The van der Waals surface area contributed by atoms with E-state index >= 15 is 0 Å². The van der Waals surface area contributed by atoms with Crippen LogP contribution in [0.4, 0.5) is 0 Å². The minimum atomic E-state index is -0.802. The molecule has 4 heteroatoms. The van der Waals surface area contributed by atoms with Crippen molar-refractivity contribution >= 4 is 5.91 Å². The van der Waals surface area contributed by atoms with E-state index in [2.05, 4.69) is 11.4 Å². The summed E-state index contributed by atoms with van der Waals surface area (Å²) >= 11 is 0. The van der Waals surface area contributed by atoms with E-state index in [1.54, 1.807) is 0 Å². The van der Waals surface area contributed by atoms with Crippen molar-refractivity contribution in [1.82, 2.24) is 5.32 Å². The van der Waals surface area contributed by atoms with Gasteiger partial charge < -0.3 is 15.2 Å². The molecule has 0 aromatic heterocycles. The Morgan fingerprint density at radius 2 is 1.95 bits per heavy atom. The zero-order valence-electron chi connectivity index (χ0n) is 13.5. The van der Waals surface area contributed by atoms with Crippen LogP contribution in [-0.4, -0.2) is 29.8 Å². The van der Waals surface area contributed by atoms with Crippen LogP contribution in [0.25, 0.3) is 0 Å². The molecular weight excluding hydrogens is 266 g/mol. The standard InChI is InChI=1S/C17H27NO3/c1-5-17(20,6-2)12-18-16(19)9-10-21-15-8-7-13(3)11-14(15)4/h7-8,11,20H,5-6,9-10,12H2,1-4H3,(H,18,19). The predicted octanol–water partition coefficient (Wildman–Crippen LogP) is 2.74. The molecule has 0 radical (unpaired) electrons. The Balaban J connectivity index is 2.34. The summed E-state index contributed by atoms with van der Waals surface area (Å²) in [6.45, 7) is 8.49. The van der Waals surface area contributed by atoms with Crippen molar-refractivity contribution in [1.29, 1.82) is 0 Å². The molecule has 118 valence electrons. The van der Waals surface area contributed by atoms with E-state index < -0.39 is 5.60 Å². The van der Waals surface area contributed by atoms with Crippen molar-refractivity contribution in [2.75, 3.05) is 13.2 Å². The molecule has 0 heterocycles. The first-order valence-corrected chi connectivity index (χ1v) is 7.59. The number of amides is 1. The van der Waals surface area contributed by atoms with Gasteiger partial charge >= 0.3 is 0 Å². The second-order valence-corrected chi connectivity index (χ2v) is 5.58. The van der Waals surface area contributed by atoms with Crippen molar-refractivity contribution in [3.63, 3.8) is 0 Å². The second kappa shape index (κ2) is 8.03. The third-order valence-electron chi connectivity index (χ3n) is 3.85. The van der Waals surface area contributed by atoms with Gasteiger partial charge in [0.25, 0.3) is 0 Å². The first kappa shape index (κ1) is 17.5. The van der Waals surface area contributed by atoms with Crippen LogP contribution >= 0.6 is 0 Å². The molecule has 1 amide bonds. The molecule has 4 nitrogen and oxygen atoms in total. The van der Waals surface area contributed by atoms with Gasteiger partial charge in [0.15, 0.2) is 0 Å². The van der Waals surface area contributed by atoms with Gasteiger partial charge in [-0.05, 0) is 38.3 Å². The van der Waals surface area contributed by atoms with Crippen LogP contribution in [0, 0.1) is 13.8 Å². The Morgan fingerprint density at radius 3 is 2.52 bits per heavy atom. The van der Waals surface area contributed by atoms with Crippen molar-refractivity contribution in [3.8, 4) is 5.75 Å². The average molecular weight is 293 g/mol. The Labute approximate surface area is 127 Å². The summed E-state index contributed by atoms with van der Waals surface area (Å²) in [7, 11) is 0. The largest absolute Gasteiger partial charge is 0.493 e. The maximum absolute atomic E-state index is 11.7. The quantitative estimate of drug-likeness (QED) is 0.775. The number of hydrogen-bond donors (Lipinski definition) is 2. The number of nitrogens with one attached hydrogen (secondary N) is 1. The topological polar surface area (TPSA) is 58.6 Å². The number of rotatable bonds is 8.